The predicted molar refractivity (Wildman–Crippen MR) is 113 cm³/mol. The highest BCUT2D eigenvalue weighted by atomic mass is 16.5. The summed E-state index contributed by atoms with van der Waals surface area (Å²) in [5.74, 6) is -1.31. The Morgan fingerprint density at radius 2 is 1.67 bits per heavy atom. The number of Topliss-reactive ketones (excluding diaryl/α,β-unsaturated/α-hetero) is 1. The van der Waals surface area contributed by atoms with E-state index in [9.17, 15) is 14.7 Å². The highest BCUT2D eigenvalue weighted by Gasteiger charge is 2.47. The summed E-state index contributed by atoms with van der Waals surface area (Å²) in [5.41, 5.74) is 2.49. The molecule has 1 fully saturated rings. The monoisotopic (exact) mass is 400 g/mol. The second-order valence-electron chi connectivity index (χ2n) is 6.94. The Morgan fingerprint density at radius 1 is 1.00 bits per heavy atom. The van der Waals surface area contributed by atoms with Gasteiger partial charge in [0.1, 0.15) is 11.5 Å². The van der Waals surface area contributed by atoms with E-state index >= 15 is 0 Å². The number of aryl methyl sites for hydroxylation is 1. The minimum atomic E-state index is -0.793. The lowest BCUT2D eigenvalue weighted by Crippen LogP contribution is -2.30. The van der Waals surface area contributed by atoms with Gasteiger partial charge in [-0.1, -0.05) is 30.3 Å². The Bertz CT molecular complexity index is 1150. The first-order valence-corrected chi connectivity index (χ1v) is 9.44. The van der Waals surface area contributed by atoms with E-state index in [2.05, 4.69) is 4.98 Å². The Hall–Kier alpha value is -3.93. The molecule has 1 atom stereocenters. The van der Waals surface area contributed by atoms with Crippen molar-refractivity contribution in [1.82, 2.24) is 4.98 Å². The number of rotatable bonds is 4. The first-order valence-electron chi connectivity index (χ1n) is 9.44. The van der Waals surface area contributed by atoms with Crippen molar-refractivity contribution in [1.29, 1.82) is 0 Å². The molecule has 1 aliphatic rings. The van der Waals surface area contributed by atoms with Crippen molar-refractivity contribution < 1.29 is 19.4 Å². The number of aromatic nitrogens is 1. The third-order valence-corrected chi connectivity index (χ3v) is 5.20. The quantitative estimate of drug-likeness (QED) is 0.406. The first kappa shape index (κ1) is 19.4. The number of anilines is 1. The van der Waals surface area contributed by atoms with E-state index in [4.69, 9.17) is 4.74 Å². The minimum absolute atomic E-state index is 0.0129. The number of hydrogen-bond acceptors (Lipinski definition) is 5. The molecule has 1 saturated heterocycles. The number of aliphatic hydroxyl groups excluding tert-OH is 1. The van der Waals surface area contributed by atoms with Crippen LogP contribution in [0.3, 0.4) is 0 Å². The molecule has 0 aliphatic carbocycles. The number of para-hydroxylation sites is 2. The second kappa shape index (κ2) is 7.83. The summed E-state index contributed by atoms with van der Waals surface area (Å²) in [6.07, 6.45) is 3.19. The molecule has 30 heavy (non-hydrogen) atoms. The zero-order valence-corrected chi connectivity index (χ0v) is 16.6. The smallest absolute Gasteiger partial charge is 0.300 e. The fraction of sp³-hybridized carbons (Fsp3) is 0.125. The molecular formula is C24H20N2O4. The molecule has 3 aromatic rings. The molecule has 0 bridgehead atoms. The number of nitrogens with zero attached hydrogens (tertiary/aromatic N) is 2. The lowest BCUT2D eigenvalue weighted by molar-refractivity contribution is -0.132. The van der Waals surface area contributed by atoms with E-state index in [1.807, 2.05) is 25.1 Å². The number of amides is 1. The van der Waals surface area contributed by atoms with E-state index < -0.39 is 17.7 Å². The molecule has 0 spiro atoms. The average molecular weight is 400 g/mol. The standard InChI is InChI=1S/C24H20N2O4/c1-15-7-3-5-9-18(15)26-21(16-11-13-25-14-12-16)20(23(28)24(26)29)22(27)17-8-4-6-10-19(17)30-2/h3-14,21,27H,1-2H3/b22-20-. The number of aliphatic hydroxyl groups is 1. The van der Waals surface area contributed by atoms with E-state index in [0.29, 0.717) is 22.6 Å². The Balaban J connectivity index is 1.99. The zero-order chi connectivity index (χ0) is 21.3. The van der Waals surface area contributed by atoms with Crippen LogP contribution in [0, 0.1) is 6.92 Å². The Kier molecular flexibility index (Phi) is 5.06. The zero-order valence-electron chi connectivity index (χ0n) is 16.6. The summed E-state index contributed by atoms with van der Waals surface area (Å²) < 4.78 is 5.35. The van der Waals surface area contributed by atoms with Gasteiger partial charge in [0.2, 0.25) is 0 Å². The average Bonchev–Trinajstić information content (AvgIpc) is 3.05. The number of ether oxygens (including phenoxy) is 1. The molecular weight excluding hydrogens is 380 g/mol. The number of methoxy groups -OCH3 is 1. The largest absolute Gasteiger partial charge is 0.507 e. The first-order chi connectivity index (χ1) is 14.5. The maximum Gasteiger partial charge on any atom is 0.300 e. The van der Waals surface area contributed by atoms with Gasteiger partial charge in [0.05, 0.1) is 24.3 Å². The molecule has 4 rings (SSSR count). The lowest BCUT2D eigenvalue weighted by Gasteiger charge is -2.26. The van der Waals surface area contributed by atoms with Crippen LogP contribution in [0.25, 0.3) is 5.76 Å². The Morgan fingerprint density at radius 3 is 2.37 bits per heavy atom. The van der Waals surface area contributed by atoms with Gasteiger partial charge in [0, 0.05) is 18.1 Å². The highest BCUT2D eigenvalue weighted by molar-refractivity contribution is 6.51. The maximum absolute atomic E-state index is 13.1. The number of pyridine rings is 1. The lowest BCUT2D eigenvalue weighted by atomic mass is 9.95. The fourth-order valence-electron chi connectivity index (χ4n) is 3.76. The highest BCUT2D eigenvalue weighted by Crippen LogP contribution is 2.43. The number of benzene rings is 2. The number of hydrogen-bond donors (Lipinski definition) is 1. The fourth-order valence-corrected chi connectivity index (χ4v) is 3.76. The molecule has 1 amide bonds. The van der Waals surface area contributed by atoms with Crippen molar-refractivity contribution in [3.63, 3.8) is 0 Å². The third-order valence-electron chi connectivity index (χ3n) is 5.20. The van der Waals surface area contributed by atoms with Crippen LogP contribution in [0.5, 0.6) is 5.75 Å². The van der Waals surface area contributed by atoms with Crippen LogP contribution < -0.4 is 9.64 Å². The van der Waals surface area contributed by atoms with Crippen LogP contribution in [0.2, 0.25) is 0 Å². The molecule has 0 radical (unpaired) electrons. The molecule has 1 N–H and O–H groups in total. The summed E-state index contributed by atoms with van der Waals surface area (Å²) in [5, 5.41) is 11.2. The molecule has 2 heterocycles. The van der Waals surface area contributed by atoms with Gasteiger partial charge >= 0.3 is 0 Å². The van der Waals surface area contributed by atoms with Crippen molar-refractivity contribution in [2.75, 3.05) is 12.0 Å². The molecule has 150 valence electrons. The van der Waals surface area contributed by atoms with Crippen molar-refractivity contribution in [2.24, 2.45) is 0 Å². The normalized spacial score (nSPS) is 17.9. The molecule has 2 aromatic carbocycles. The summed E-state index contributed by atoms with van der Waals surface area (Å²) in [7, 11) is 1.48. The van der Waals surface area contributed by atoms with Crippen LogP contribution in [0.4, 0.5) is 5.69 Å². The third kappa shape index (κ3) is 3.12. The van der Waals surface area contributed by atoms with E-state index in [1.165, 1.54) is 12.0 Å². The van der Waals surface area contributed by atoms with Crippen LogP contribution in [-0.4, -0.2) is 28.9 Å². The van der Waals surface area contributed by atoms with Crippen molar-refractivity contribution in [2.45, 2.75) is 13.0 Å². The molecule has 1 aromatic heterocycles. The van der Waals surface area contributed by atoms with Crippen molar-refractivity contribution in [3.8, 4) is 5.75 Å². The number of ketones is 1. The van der Waals surface area contributed by atoms with Gasteiger partial charge in [-0.15, -0.1) is 0 Å². The van der Waals surface area contributed by atoms with Gasteiger partial charge in [-0.25, -0.2) is 0 Å². The minimum Gasteiger partial charge on any atom is -0.507 e. The van der Waals surface area contributed by atoms with E-state index in [1.54, 1.807) is 54.9 Å². The molecule has 6 nitrogen and oxygen atoms in total. The summed E-state index contributed by atoms with van der Waals surface area (Å²) in [6.45, 7) is 1.87. The molecule has 6 heteroatoms. The summed E-state index contributed by atoms with van der Waals surface area (Å²) in [4.78, 5) is 31.7. The van der Waals surface area contributed by atoms with Crippen LogP contribution in [0.15, 0.2) is 78.6 Å². The topological polar surface area (TPSA) is 79.7 Å². The number of carbonyl (C=O) groups is 2. The van der Waals surface area contributed by atoms with Gasteiger partial charge in [0.25, 0.3) is 11.7 Å². The van der Waals surface area contributed by atoms with E-state index in [0.717, 1.165) is 5.56 Å². The van der Waals surface area contributed by atoms with Gasteiger partial charge in [-0.05, 0) is 48.4 Å². The molecule has 1 aliphatic heterocycles. The van der Waals surface area contributed by atoms with Gasteiger partial charge in [-0.2, -0.15) is 0 Å². The van der Waals surface area contributed by atoms with Gasteiger partial charge < -0.3 is 9.84 Å². The Labute approximate surface area is 174 Å². The van der Waals surface area contributed by atoms with Crippen LogP contribution in [0.1, 0.15) is 22.7 Å². The second-order valence-corrected chi connectivity index (χ2v) is 6.94. The van der Waals surface area contributed by atoms with E-state index in [-0.39, 0.29) is 11.3 Å². The van der Waals surface area contributed by atoms with Crippen LogP contribution in [-0.2, 0) is 9.59 Å². The van der Waals surface area contributed by atoms with Crippen molar-refractivity contribution >= 4 is 23.1 Å². The SMILES string of the molecule is COc1ccccc1/C(O)=C1/C(=O)C(=O)N(c2ccccc2C)C1c1ccncc1. The molecule has 1 unspecified atom stereocenters. The summed E-state index contributed by atoms with van der Waals surface area (Å²) >= 11 is 0. The van der Waals surface area contributed by atoms with Crippen LogP contribution >= 0.6 is 0 Å². The van der Waals surface area contributed by atoms with Gasteiger partial charge in [-0.3, -0.25) is 19.5 Å². The summed E-state index contributed by atoms with van der Waals surface area (Å²) in [6, 6.07) is 16.9. The van der Waals surface area contributed by atoms with Gasteiger partial charge in [0.15, 0.2) is 0 Å². The number of carbonyl (C=O) groups excluding carboxylic acids is 2. The molecule has 0 saturated carbocycles. The maximum atomic E-state index is 13.1. The van der Waals surface area contributed by atoms with Crippen molar-refractivity contribution in [3.05, 3.63) is 95.3 Å². The predicted octanol–water partition coefficient (Wildman–Crippen LogP) is 4.02.